The van der Waals surface area contributed by atoms with E-state index in [1.165, 1.54) is 24.6 Å². The maximum atomic E-state index is 13.9. The van der Waals surface area contributed by atoms with Crippen molar-refractivity contribution in [1.29, 1.82) is 0 Å². The summed E-state index contributed by atoms with van der Waals surface area (Å²) in [7, 11) is -4.30. The summed E-state index contributed by atoms with van der Waals surface area (Å²) >= 11 is 6.31. The van der Waals surface area contributed by atoms with Crippen molar-refractivity contribution in [2.75, 3.05) is 4.72 Å². The minimum atomic E-state index is -4.30. The van der Waals surface area contributed by atoms with Gasteiger partial charge in [-0.3, -0.25) is 4.72 Å². The molecule has 0 spiro atoms. The van der Waals surface area contributed by atoms with E-state index in [9.17, 15) is 17.2 Å². The van der Waals surface area contributed by atoms with Crippen LogP contribution in [0.25, 0.3) is 22.6 Å². The van der Waals surface area contributed by atoms with Crippen molar-refractivity contribution < 1.29 is 21.6 Å². The quantitative estimate of drug-likeness (QED) is 0.424. The van der Waals surface area contributed by atoms with Gasteiger partial charge >= 0.3 is 0 Å². The molecule has 152 valence electrons. The van der Waals surface area contributed by atoms with E-state index in [1.54, 1.807) is 30.3 Å². The smallest absolute Gasteiger partial charge is 0.264 e. The molecule has 0 amide bonds. The second kappa shape index (κ2) is 7.89. The molecular weight excluding hydrogens is 434 g/mol. The molecule has 0 saturated heterocycles. The van der Waals surface area contributed by atoms with Gasteiger partial charge in [-0.15, -0.1) is 0 Å². The SMILES string of the molecule is O=S(=O)(Nc1ccc(-c2cc(-c3ncco3)ccc2Cl)cc1)c1cccc(F)c1F. The summed E-state index contributed by atoms with van der Waals surface area (Å²) in [6.45, 7) is 0. The van der Waals surface area contributed by atoms with Gasteiger partial charge in [-0.1, -0.05) is 29.8 Å². The first-order valence-corrected chi connectivity index (χ1v) is 10.5. The van der Waals surface area contributed by atoms with Crippen LogP contribution in [0, 0.1) is 11.6 Å². The zero-order valence-corrected chi connectivity index (χ0v) is 16.7. The number of aromatic nitrogens is 1. The third-order valence-corrected chi connectivity index (χ3v) is 6.03. The average molecular weight is 447 g/mol. The summed E-state index contributed by atoms with van der Waals surface area (Å²) in [4.78, 5) is 3.33. The van der Waals surface area contributed by atoms with Gasteiger partial charge in [0, 0.05) is 21.8 Å². The van der Waals surface area contributed by atoms with Gasteiger partial charge in [0.05, 0.1) is 6.20 Å². The summed E-state index contributed by atoms with van der Waals surface area (Å²) in [6, 6.07) is 14.5. The van der Waals surface area contributed by atoms with E-state index in [0.717, 1.165) is 23.8 Å². The van der Waals surface area contributed by atoms with Gasteiger partial charge in [-0.05, 0) is 48.0 Å². The molecule has 4 rings (SSSR count). The number of halogens is 3. The van der Waals surface area contributed by atoms with Gasteiger partial charge in [0.15, 0.2) is 11.6 Å². The van der Waals surface area contributed by atoms with Gasteiger partial charge in [0.2, 0.25) is 5.89 Å². The Balaban J connectivity index is 1.62. The highest BCUT2D eigenvalue weighted by Crippen LogP contribution is 2.33. The number of nitrogens with zero attached hydrogens (tertiary/aromatic N) is 1. The molecule has 0 radical (unpaired) electrons. The molecule has 5 nitrogen and oxygen atoms in total. The molecule has 0 saturated carbocycles. The summed E-state index contributed by atoms with van der Waals surface area (Å²) in [5.41, 5.74) is 2.32. The second-order valence-corrected chi connectivity index (χ2v) is 8.32. The lowest BCUT2D eigenvalue weighted by atomic mass is 10.0. The number of rotatable bonds is 5. The molecule has 0 aliphatic carbocycles. The van der Waals surface area contributed by atoms with Crippen LogP contribution >= 0.6 is 11.6 Å². The van der Waals surface area contributed by atoms with Crippen molar-refractivity contribution in [2.45, 2.75) is 4.90 Å². The van der Waals surface area contributed by atoms with Crippen LogP contribution in [0.5, 0.6) is 0 Å². The van der Waals surface area contributed by atoms with Crippen LogP contribution in [-0.4, -0.2) is 13.4 Å². The summed E-state index contributed by atoms with van der Waals surface area (Å²) in [5, 5.41) is 0.487. The zero-order chi connectivity index (χ0) is 21.3. The minimum absolute atomic E-state index is 0.183. The van der Waals surface area contributed by atoms with Crippen molar-refractivity contribution >= 4 is 27.3 Å². The zero-order valence-electron chi connectivity index (χ0n) is 15.1. The van der Waals surface area contributed by atoms with Crippen molar-refractivity contribution in [2.24, 2.45) is 0 Å². The maximum Gasteiger partial charge on any atom is 0.264 e. The molecule has 0 fully saturated rings. The van der Waals surface area contributed by atoms with E-state index in [1.807, 2.05) is 0 Å². The van der Waals surface area contributed by atoms with Crippen molar-refractivity contribution in [3.05, 3.63) is 89.8 Å². The first-order chi connectivity index (χ1) is 14.3. The number of nitrogens with one attached hydrogen (secondary N) is 1. The van der Waals surface area contributed by atoms with E-state index < -0.39 is 26.6 Å². The van der Waals surface area contributed by atoms with Crippen LogP contribution in [0.4, 0.5) is 14.5 Å². The highest BCUT2D eigenvalue weighted by Gasteiger charge is 2.21. The molecule has 0 aliphatic rings. The molecule has 1 aromatic heterocycles. The Morgan fingerprint density at radius 2 is 1.70 bits per heavy atom. The van der Waals surface area contributed by atoms with Crippen molar-refractivity contribution in [1.82, 2.24) is 4.98 Å². The Hall–Kier alpha value is -3.23. The molecule has 0 atom stereocenters. The number of benzene rings is 3. The van der Waals surface area contributed by atoms with E-state index in [2.05, 4.69) is 9.71 Å². The van der Waals surface area contributed by atoms with E-state index in [-0.39, 0.29) is 5.69 Å². The Morgan fingerprint density at radius 1 is 0.967 bits per heavy atom. The van der Waals surface area contributed by atoms with Gasteiger partial charge < -0.3 is 4.42 Å². The fourth-order valence-corrected chi connectivity index (χ4v) is 4.24. The molecule has 3 aromatic carbocycles. The molecule has 1 heterocycles. The lowest BCUT2D eigenvalue weighted by molar-refractivity contribution is 0.485. The third-order valence-electron chi connectivity index (χ3n) is 4.30. The summed E-state index contributed by atoms with van der Waals surface area (Å²) in [5.74, 6) is -2.24. The molecule has 4 aromatic rings. The number of oxazole rings is 1. The van der Waals surface area contributed by atoms with E-state index in [4.69, 9.17) is 16.0 Å². The molecule has 9 heteroatoms. The van der Waals surface area contributed by atoms with Crippen LogP contribution in [0.1, 0.15) is 0 Å². The topological polar surface area (TPSA) is 72.2 Å². The standard InChI is InChI=1S/C21H13ClF2N2O3S/c22-17-9-6-14(21-25-10-11-29-21)12-16(17)13-4-7-15(8-5-13)26-30(27,28)19-3-1-2-18(23)20(19)24/h1-12,26H. The predicted octanol–water partition coefficient (Wildman–Crippen LogP) is 5.74. The average Bonchev–Trinajstić information content (AvgIpc) is 3.25. The first-order valence-electron chi connectivity index (χ1n) is 8.62. The first kappa shape index (κ1) is 20.1. The maximum absolute atomic E-state index is 13.9. The molecular formula is C21H13ClF2N2O3S. The minimum Gasteiger partial charge on any atom is -0.445 e. The molecule has 0 aliphatic heterocycles. The van der Waals surface area contributed by atoms with Crippen LogP contribution in [0.3, 0.4) is 0 Å². The highest BCUT2D eigenvalue weighted by atomic mass is 35.5. The number of hydrogen-bond donors (Lipinski definition) is 1. The lowest BCUT2D eigenvalue weighted by Crippen LogP contribution is -2.15. The highest BCUT2D eigenvalue weighted by molar-refractivity contribution is 7.92. The molecule has 0 bridgehead atoms. The summed E-state index contributed by atoms with van der Waals surface area (Å²) in [6.07, 6.45) is 3.00. The van der Waals surface area contributed by atoms with Gasteiger partial charge in [0.25, 0.3) is 10.0 Å². The molecule has 0 unspecified atom stereocenters. The second-order valence-electron chi connectivity index (χ2n) is 6.27. The van der Waals surface area contributed by atoms with Crippen LogP contribution in [0.2, 0.25) is 5.02 Å². The van der Waals surface area contributed by atoms with Crippen LogP contribution in [-0.2, 0) is 10.0 Å². The van der Waals surface area contributed by atoms with Crippen molar-refractivity contribution in [3.63, 3.8) is 0 Å². The number of anilines is 1. The summed E-state index contributed by atoms with van der Waals surface area (Å²) < 4.78 is 59.6. The Labute approximate surface area is 176 Å². The number of sulfonamides is 1. The van der Waals surface area contributed by atoms with Crippen LogP contribution < -0.4 is 4.72 Å². The van der Waals surface area contributed by atoms with Crippen LogP contribution in [0.15, 0.2) is 82.4 Å². The largest absolute Gasteiger partial charge is 0.445 e. The van der Waals surface area contributed by atoms with Crippen molar-refractivity contribution in [3.8, 4) is 22.6 Å². The Kier molecular flexibility index (Phi) is 5.27. The van der Waals surface area contributed by atoms with Gasteiger partial charge in [-0.25, -0.2) is 22.2 Å². The van der Waals surface area contributed by atoms with E-state index in [0.29, 0.717) is 22.0 Å². The third kappa shape index (κ3) is 3.92. The Morgan fingerprint density at radius 3 is 2.40 bits per heavy atom. The fourth-order valence-electron chi connectivity index (χ4n) is 2.87. The molecule has 30 heavy (non-hydrogen) atoms. The number of hydrogen-bond acceptors (Lipinski definition) is 4. The normalized spacial score (nSPS) is 11.4. The molecule has 1 N–H and O–H groups in total. The monoisotopic (exact) mass is 446 g/mol. The van der Waals surface area contributed by atoms with E-state index >= 15 is 0 Å². The van der Waals surface area contributed by atoms with Gasteiger partial charge in [0.1, 0.15) is 11.2 Å². The lowest BCUT2D eigenvalue weighted by Gasteiger charge is -2.11. The Bertz CT molecular complexity index is 1310. The fraction of sp³-hybridized carbons (Fsp3) is 0. The van der Waals surface area contributed by atoms with Gasteiger partial charge in [-0.2, -0.15) is 0 Å². The predicted molar refractivity (Wildman–Crippen MR) is 110 cm³/mol.